The van der Waals surface area contributed by atoms with E-state index < -0.39 is 0 Å². The fraction of sp³-hybridized carbons (Fsp3) is 0.357. The number of aromatic nitrogens is 1. The van der Waals surface area contributed by atoms with Crippen molar-refractivity contribution in [2.75, 3.05) is 7.11 Å². The number of rotatable bonds is 5. The highest BCUT2D eigenvalue weighted by molar-refractivity contribution is 7.09. The predicted octanol–water partition coefficient (Wildman–Crippen LogP) is 3.56. The Morgan fingerprint density at radius 3 is 2.78 bits per heavy atom. The van der Waals surface area contributed by atoms with Crippen molar-refractivity contribution in [2.45, 2.75) is 25.9 Å². The summed E-state index contributed by atoms with van der Waals surface area (Å²) in [6, 6.07) is 8.74. The molecule has 0 fully saturated rings. The molecule has 0 spiro atoms. The van der Waals surface area contributed by atoms with Gasteiger partial charge in [0.05, 0.1) is 12.6 Å². The zero-order valence-corrected chi connectivity index (χ0v) is 11.7. The molecule has 0 amide bonds. The van der Waals surface area contributed by atoms with E-state index >= 15 is 0 Å². The van der Waals surface area contributed by atoms with Crippen molar-refractivity contribution in [3.05, 3.63) is 46.4 Å². The Bertz CT molecular complexity index is 484. The van der Waals surface area contributed by atoms with E-state index in [1.54, 1.807) is 18.4 Å². The molecule has 0 saturated carbocycles. The first-order chi connectivity index (χ1) is 8.70. The summed E-state index contributed by atoms with van der Waals surface area (Å²) >= 11 is 1.68. The highest BCUT2D eigenvalue weighted by Crippen LogP contribution is 2.23. The van der Waals surface area contributed by atoms with Crippen molar-refractivity contribution in [3.8, 4) is 5.75 Å². The van der Waals surface area contributed by atoms with Crippen LogP contribution in [0.5, 0.6) is 5.75 Å². The third-order valence-corrected chi connectivity index (χ3v) is 3.93. The highest BCUT2D eigenvalue weighted by Gasteiger charge is 2.12. The van der Waals surface area contributed by atoms with Crippen LogP contribution in [-0.2, 0) is 0 Å². The molecule has 1 unspecified atom stereocenters. The first-order valence-corrected chi connectivity index (χ1v) is 6.87. The molecular formula is C14H18N2OS. The summed E-state index contributed by atoms with van der Waals surface area (Å²) in [5.74, 6) is 0.895. The van der Waals surface area contributed by atoms with Crippen molar-refractivity contribution >= 4 is 11.3 Å². The lowest BCUT2D eigenvalue weighted by Gasteiger charge is -2.19. The van der Waals surface area contributed by atoms with Crippen LogP contribution in [0, 0.1) is 0 Å². The van der Waals surface area contributed by atoms with E-state index in [-0.39, 0.29) is 6.04 Å². The Kier molecular flexibility index (Phi) is 4.33. The monoisotopic (exact) mass is 262 g/mol. The van der Waals surface area contributed by atoms with Crippen LogP contribution in [0.25, 0.3) is 0 Å². The van der Waals surface area contributed by atoms with Crippen LogP contribution in [0.15, 0.2) is 36.0 Å². The molecule has 1 N–H and O–H groups in total. The van der Waals surface area contributed by atoms with Gasteiger partial charge in [-0.15, -0.1) is 11.3 Å². The molecule has 2 rings (SSSR count). The molecule has 0 aliphatic carbocycles. The van der Waals surface area contributed by atoms with Gasteiger partial charge in [-0.05, 0) is 31.5 Å². The molecule has 18 heavy (non-hydrogen) atoms. The van der Waals surface area contributed by atoms with Crippen molar-refractivity contribution in [3.63, 3.8) is 0 Å². The quantitative estimate of drug-likeness (QED) is 0.894. The van der Waals surface area contributed by atoms with Gasteiger partial charge < -0.3 is 10.1 Å². The van der Waals surface area contributed by atoms with Crippen LogP contribution in [0.3, 0.4) is 0 Å². The Labute approximate surface area is 112 Å². The third-order valence-electron chi connectivity index (χ3n) is 2.97. The second kappa shape index (κ2) is 5.98. The molecule has 0 bridgehead atoms. The molecule has 1 aromatic carbocycles. The van der Waals surface area contributed by atoms with Crippen molar-refractivity contribution < 1.29 is 4.74 Å². The molecule has 2 atom stereocenters. The van der Waals surface area contributed by atoms with Gasteiger partial charge in [0.25, 0.3) is 0 Å². The first-order valence-electron chi connectivity index (χ1n) is 5.99. The van der Waals surface area contributed by atoms with Gasteiger partial charge in [-0.1, -0.05) is 12.1 Å². The van der Waals surface area contributed by atoms with Gasteiger partial charge in [-0.25, -0.2) is 0 Å². The minimum atomic E-state index is 0.275. The normalized spacial score (nSPS) is 14.2. The molecule has 1 aromatic heterocycles. The fourth-order valence-corrected chi connectivity index (χ4v) is 2.54. The fourth-order valence-electron chi connectivity index (χ4n) is 1.90. The molecule has 0 aliphatic rings. The van der Waals surface area contributed by atoms with Crippen molar-refractivity contribution in [1.82, 2.24) is 10.3 Å². The van der Waals surface area contributed by atoms with E-state index in [4.69, 9.17) is 4.74 Å². The standard InChI is InChI=1S/C14H18N2OS/c1-10(12-5-4-6-13(7-12)17-3)16-11(2)14-8-15-9-18-14/h4-11,16H,1-3H3/t10-,11?/m0/s1. The lowest BCUT2D eigenvalue weighted by atomic mass is 10.1. The van der Waals surface area contributed by atoms with Crippen LogP contribution >= 0.6 is 11.3 Å². The van der Waals surface area contributed by atoms with Gasteiger partial charge in [-0.3, -0.25) is 4.98 Å². The largest absolute Gasteiger partial charge is 0.497 e. The zero-order valence-electron chi connectivity index (χ0n) is 10.9. The maximum Gasteiger partial charge on any atom is 0.119 e. The minimum Gasteiger partial charge on any atom is -0.497 e. The first kappa shape index (κ1) is 13.1. The van der Waals surface area contributed by atoms with Crippen molar-refractivity contribution in [2.24, 2.45) is 0 Å². The summed E-state index contributed by atoms with van der Waals surface area (Å²) in [5, 5.41) is 3.56. The second-order valence-electron chi connectivity index (χ2n) is 4.29. The minimum absolute atomic E-state index is 0.275. The number of ether oxygens (including phenoxy) is 1. The van der Waals surface area contributed by atoms with Gasteiger partial charge in [0.15, 0.2) is 0 Å². The molecule has 3 nitrogen and oxygen atoms in total. The SMILES string of the molecule is COc1cccc([C@H](C)NC(C)c2cncs2)c1. The van der Waals surface area contributed by atoms with E-state index in [2.05, 4.69) is 36.3 Å². The van der Waals surface area contributed by atoms with Crippen molar-refractivity contribution in [1.29, 1.82) is 0 Å². The van der Waals surface area contributed by atoms with E-state index in [1.165, 1.54) is 10.4 Å². The maximum absolute atomic E-state index is 5.25. The Hall–Kier alpha value is -1.39. The summed E-state index contributed by atoms with van der Waals surface area (Å²) in [7, 11) is 1.69. The topological polar surface area (TPSA) is 34.1 Å². The molecule has 0 radical (unpaired) electrons. The molecule has 2 aromatic rings. The Morgan fingerprint density at radius 1 is 1.28 bits per heavy atom. The number of nitrogens with one attached hydrogen (secondary N) is 1. The lowest BCUT2D eigenvalue weighted by molar-refractivity contribution is 0.412. The molecule has 0 saturated heterocycles. The number of nitrogens with zero attached hydrogens (tertiary/aromatic N) is 1. The van der Waals surface area contributed by atoms with Gasteiger partial charge in [0.1, 0.15) is 5.75 Å². The van der Waals surface area contributed by atoms with Gasteiger partial charge in [0, 0.05) is 23.2 Å². The third kappa shape index (κ3) is 3.09. The molecule has 1 heterocycles. The summed E-state index contributed by atoms with van der Waals surface area (Å²) in [4.78, 5) is 5.36. The zero-order chi connectivity index (χ0) is 13.0. The number of methoxy groups -OCH3 is 1. The van der Waals surface area contributed by atoms with Gasteiger partial charge >= 0.3 is 0 Å². The number of benzene rings is 1. The number of hydrogen-bond acceptors (Lipinski definition) is 4. The molecular weight excluding hydrogens is 244 g/mol. The van der Waals surface area contributed by atoms with Crippen LogP contribution in [-0.4, -0.2) is 12.1 Å². The smallest absolute Gasteiger partial charge is 0.119 e. The van der Waals surface area contributed by atoms with Crippen LogP contribution in [0.2, 0.25) is 0 Å². The summed E-state index contributed by atoms with van der Waals surface area (Å²) in [5.41, 5.74) is 3.09. The average molecular weight is 262 g/mol. The number of thiazole rings is 1. The molecule has 0 aliphatic heterocycles. The van der Waals surface area contributed by atoms with E-state index in [9.17, 15) is 0 Å². The number of hydrogen-bond donors (Lipinski definition) is 1. The summed E-state index contributed by atoms with van der Waals surface area (Å²) < 4.78 is 5.25. The van der Waals surface area contributed by atoms with Crippen LogP contribution in [0.4, 0.5) is 0 Å². The second-order valence-corrected chi connectivity index (χ2v) is 5.21. The summed E-state index contributed by atoms with van der Waals surface area (Å²) in [6.45, 7) is 4.32. The Balaban J connectivity index is 2.04. The molecule has 96 valence electrons. The maximum atomic E-state index is 5.25. The van der Waals surface area contributed by atoms with Crippen LogP contribution < -0.4 is 10.1 Å². The van der Waals surface area contributed by atoms with Gasteiger partial charge in [0.2, 0.25) is 0 Å². The van der Waals surface area contributed by atoms with E-state index in [0.29, 0.717) is 6.04 Å². The Morgan fingerprint density at radius 2 is 2.11 bits per heavy atom. The summed E-state index contributed by atoms with van der Waals surface area (Å²) in [6.07, 6.45) is 1.92. The van der Waals surface area contributed by atoms with E-state index in [1.807, 2.05) is 23.8 Å². The van der Waals surface area contributed by atoms with Crippen LogP contribution in [0.1, 0.15) is 36.4 Å². The molecule has 4 heteroatoms. The van der Waals surface area contributed by atoms with E-state index in [0.717, 1.165) is 5.75 Å². The van der Waals surface area contributed by atoms with Gasteiger partial charge in [-0.2, -0.15) is 0 Å². The highest BCUT2D eigenvalue weighted by atomic mass is 32.1. The average Bonchev–Trinajstić information content (AvgIpc) is 2.92. The lowest BCUT2D eigenvalue weighted by Crippen LogP contribution is -2.21. The predicted molar refractivity (Wildman–Crippen MR) is 75.1 cm³/mol.